The summed E-state index contributed by atoms with van der Waals surface area (Å²) in [6, 6.07) is 12.6. The van der Waals surface area contributed by atoms with E-state index in [0.29, 0.717) is 17.9 Å². The molecular weight excluding hydrogens is 587 g/mol. The minimum absolute atomic E-state index is 0.0321. The Bertz CT molecular complexity index is 1390. The van der Waals surface area contributed by atoms with Crippen LogP contribution in [0.4, 0.5) is 36.4 Å². The van der Waals surface area contributed by atoms with Crippen molar-refractivity contribution in [2.45, 2.75) is 24.8 Å². The van der Waals surface area contributed by atoms with E-state index in [9.17, 15) is 30.7 Å². The van der Waals surface area contributed by atoms with Crippen LogP contribution in [0.5, 0.6) is 0 Å². The fraction of sp³-hybridized carbons (Fsp3) is 0.231. The zero-order valence-corrected chi connectivity index (χ0v) is 22.2. The van der Waals surface area contributed by atoms with Crippen LogP contribution in [0.25, 0.3) is 0 Å². The summed E-state index contributed by atoms with van der Waals surface area (Å²) >= 11 is 12.6. The molecule has 0 aromatic heterocycles. The van der Waals surface area contributed by atoms with E-state index >= 15 is 0 Å². The van der Waals surface area contributed by atoms with Gasteiger partial charge in [0, 0.05) is 18.0 Å². The van der Waals surface area contributed by atoms with Gasteiger partial charge in [-0.1, -0.05) is 53.7 Å². The summed E-state index contributed by atoms with van der Waals surface area (Å²) in [6.45, 7) is 0.322. The Labute approximate surface area is 234 Å². The number of nitrogens with zero attached hydrogens (tertiary/aromatic N) is 2. The zero-order chi connectivity index (χ0) is 28.4. The first-order valence-corrected chi connectivity index (χ1v) is 13.2. The first-order chi connectivity index (χ1) is 18.3. The topological polar surface area (TPSA) is 27.6 Å². The smallest absolute Gasteiger partial charge is 0.332 e. The number of benzene rings is 3. The second-order valence-electron chi connectivity index (χ2n) is 8.47. The van der Waals surface area contributed by atoms with E-state index in [1.165, 1.54) is 59.1 Å². The minimum Gasteiger partial charge on any atom is -0.332 e. The molecule has 3 nitrogen and oxygen atoms in total. The van der Waals surface area contributed by atoms with Crippen molar-refractivity contribution >= 4 is 51.5 Å². The van der Waals surface area contributed by atoms with Crippen LogP contribution in [0.1, 0.15) is 28.3 Å². The van der Waals surface area contributed by atoms with Gasteiger partial charge in [-0.25, -0.2) is 4.39 Å². The number of thiocarbonyl (C=S) groups is 1. The van der Waals surface area contributed by atoms with Gasteiger partial charge in [0.05, 0.1) is 22.2 Å². The Morgan fingerprint density at radius 3 is 2.41 bits per heavy atom. The Balaban J connectivity index is 1.70. The highest BCUT2D eigenvalue weighted by Gasteiger charge is 2.38. The number of hydrogen-bond donors (Lipinski definition) is 1. The maximum absolute atomic E-state index is 14.0. The van der Waals surface area contributed by atoms with Crippen molar-refractivity contribution in [2.75, 3.05) is 17.6 Å². The predicted molar refractivity (Wildman–Crippen MR) is 144 cm³/mol. The Morgan fingerprint density at radius 2 is 1.72 bits per heavy atom. The van der Waals surface area contributed by atoms with E-state index in [1.54, 1.807) is 6.07 Å². The Kier molecular flexibility index (Phi) is 8.77. The lowest BCUT2D eigenvalue weighted by molar-refractivity contribution is -0.138. The molecule has 1 aliphatic heterocycles. The van der Waals surface area contributed by atoms with Gasteiger partial charge < -0.3 is 5.32 Å². The zero-order valence-electron chi connectivity index (χ0n) is 19.8. The Morgan fingerprint density at radius 1 is 1.00 bits per heavy atom. The maximum Gasteiger partial charge on any atom is 0.418 e. The van der Waals surface area contributed by atoms with Crippen LogP contribution in [0.3, 0.4) is 0 Å². The molecule has 206 valence electrons. The molecule has 0 radical (unpaired) electrons. The second kappa shape index (κ2) is 11.7. The molecule has 0 aliphatic carbocycles. The first kappa shape index (κ1) is 29.2. The molecule has 0 saturated carbocycles. The highest BCUT2D eigenvalue weighted by Crippen LogP contribution is 2.42. The van der Waals surface area contributed by atoms with Crippen molar-refractivity contribution in [1.29, 1.82) is 0 Å². The van der Waals surface area contributed by atoms with E-state index in [2.05, 4.69) is 10.3 Å². The molecule has 3 aromatic carbocycles. The van der Waals surface area contributed by atoms with E-state index < -0.39 is 40.4 Å². The number of nitrogens with one attached hydrogen (secondary N) is 1. The minimum atomic E-state index is -4.78. The van der Waals surface area contributed by atoms with Gasteiger partial charge in [-0.2, -0.15) is 26.3 Å². The number of hydrogen-bond acceptors (Lipinski definition) is 3. The summed E-state index contributed by atoms with van der Waals surface area (Å²) in [6.07, 6.45) is -9.41. The number of alkyl halides is 6. The third-order valence-electron chi connectivity index (χ3n) is 5.74. The van der Waals surface area contributed by atoms with E-state index in [-0.39, 0.29) is 28.0 Å². The molecule has 1 saturated heterocycles. The van der Waals surface area contributed by atoms with Crippen LogP contribution in [0.2, 0.25) is 5.02 Å². The monoisotopic (exact) mass is 605 g/mol. The van der Waals surface area contributed by atoms with Gasteiger partial charge in [0.15, 0.2) is 10.3 Å². The summed E-state index contributed by atoms with van der Waals surface area (Å²) in [4.78, 5) is 6.11. The predicted octanol–water partition coefficient (Wildman–Crippen LogP) is 8.60. The first-order valence-electron chi connectivity index (χ1n) is 11.4. The van der Waals surface area contributed by atoms with Crippen molar-refractivity contribution < 1.29 is 30.7 Å². The van der Waals surface area contributed by atoms with Crippen LogP contribution in [-0.2, 0) is 18.8 Å². The van der Waals surface area contributed by atoms with E-state index in [4.69, 9.17) is 23.8 Å². The number of rotatable bonds is 5. The molecular formula is C26H19ClF7N3S2. The molecule has 1 aliphatic rings. The van der Waals surface area contributed by atoms with E-state index in [1.807, 2.05) is 0 Å². The van der Waals surface area contributed by atoms with Gasteiger partial charge in [0.1, 0.15) is 5.82 Å². The molecule has 1 N–H and O–H groups in total. The molecule has 39 heavy (non-hydrogen) atoms. The van der Waals surface area contributed by atoms with E-state index in [0.717, 1.165) is 18.2 Å². The van der Waals surface area contributed by atoms with Gasteiger partial charge in [0.25, 0.3) is 0 Å². The molecule has 1 heterocycles. The highest BCUT2D eigenvalue weighted by molar-refractivity contribution is 8.14. The lowest BCUT2D eigenvalue weighted by Gasteiger charge is -2.24. The van der Waals surface area contributed by atoms with Crippen molar-refractivity contribution in [3.63, 3.8) is 0 Å². The number of aliphatic imine (C=N–C) groups is 1. The molecule has 0 bridgehead atoms. The van der Waals surface area contributed by atoms with Crippen molar-refractivity contribution in [3.05, 3.63) is 99.8 Å². The van der Waals surface area contributed by atoms with Crippen LogP contribution in [0.15, 0.2) is 71.7 Å². The molecule has 0 amide bonds. The second-order valence-corrected chi connectivity index (χ2v) is 10.3. The van der Waals surface area contributed by atoms with Crippen molar-refractivity contribution in [3.8, 4) is 0 Å². The summed E-state index contributed by atoms with van der Waals surface area (Å²) in [5.74, 6) is -0.0678. The highest BCUT2D eigenvalue weighted by atomic mass is 35.5. The fourth-order valence-corrected chi connectivity index (χ4v) is 5.66. The molecule has 4 rings (SSSR count). The van der Waals surface area contributed by atoms with Crippen LogP contribution >= 0.6 is 35.6 Å². The van der Waals surface area contributed by atoms with Gasteiger partial charge in [-0.05, 0) is 66.2 Å². The van der Waals surface area contributed by atoms with Crippen LogP contribution in [-0.4, -0.2) is 27.5 Å². The summed E-state index contributed by atoms with van der Waals surface area (Å²) in [7, 11) is 0. The molecule has 0 spiro atoms. The number of amidine groups is 1. The molecule has 1 atom stereocenters. The summed E-state index contributed by atoms with van der Waals surface area (Å²) in [5.41, 5.74) is -1.60. The lowest BCUT2D eigenvalue weighted by atomic mass is 9.94. The van der Waals surface area contributed by atoms with Crippen LogP contribution in [0, 0.1) is 5.82 Å². The standard InChI is InChI=1S/C26H19ClF7N3S2/c27-20-9-3-8-19(22(20)26(32,33)34)21(13-15-4-1-6-17(28)12-15)36-24-37(10-11-39-24)23(38)35-18-7-2-5-16(14-18)25(29,30)31/h1-9,12,14,21H,10-11,13H2,(H,35,38). The van der Waals surface area contributed by atoms with Gasteiger partial charge >= 0.3 is 12.4 Å². The average molecular weight is 606 g/mol. The average Bonchev–Trinajstić information content (AvgIpc) is 3.31. The number of halogens is 8. The molecule has 13 heteroatoms. The van der Waals surface area contributed by atoms with Gasteiger partial charge in [-0.15, -0.1) is 0 Å². The summed E-state index contributed by atoms with van der Waals surface area (Å²) < 4.78 is 95.3. The van der Waals surface area contributed by atoms with Crippen molar-refractivity contribution in [1.82, 2.24) is 4.90 Å². The lowest BCUT2D eigenvalue weighted by Crippen LogP contribution is -2.35. The molecule has 1 unspecified atom stereocenters. The SMILES string of the molecule is Fc1cccc(CC(N=C2SCCN2C(=S)Nc2cccc(C(F)(F)F)c2)c2cccc(Cl)c2C(F)(F)F)c1. The summed E-state index contributed by atoms with van der Waals surface area (Å²) in [5, 5.41) is 2.56. The third-order valence-corrected chi connectivity index (χ3v) is 7.34. The third kappa shape index (κ3) is 7.23. The Hall–Kier alpha value is -2.83. The molecule has 3 aromatic rings. The number of anilines is 1. The fourth-order valence-electron chi connectivity index (χ4n) is 4.02. The largest absolute Gasteiger partial charge is 0.418 e. The van der Waals surface area contributed by atoms with Crippen molar-refractivity contribution in [2.24, 2.45) is 4.99 Å². The molecule has 1 fully saturated rings. The van der Waals surface area contributed by atoms with Gasteiger partial charge in [-0.3, -0.25) is 9.89 Å². The van der Waals surface area contributed by atoms with Gasteiger partial charge in [0.2, 0.25) is 0 Å². The quantitative estimate of drug-likeness (QED) is 0.233. The van der Waals surface area contributed by atoms with Crippen LogP contribution < -0.4 is 5.32 Å². The number of thioether (sulfide) groups is 1. The normalized spacial score (nSPS) is 16.0. The maximum atomic E-state index is 14.0.